The van der Waals surface area contributed by atoms with Crippen molar-refractivity contribution in [2.45, 2.75) is 17.6 Å². The summed E-state index contributed by atoms with van der Waals surface area (Å²) in [5.41, 5.74) is 3.01. The number of amides is 1. The fourth-order valence-electron chi connectivity index (χ4n) is 3.81. The maximum atomic E-state index is 13.2. The van der Waals surface area contributed by atoms with E-state index in [1.807, 2.05) is 73.6 Å². The average molecular weight is 447 g/mol. The topological polar surface area (TPSA) is 85.1 Å². The summed E-state index contributed by atoms with van der Waals surface area (Å²) < 4.78 is 3.31. The van der Waals surface area contributed by atoms with Crippen LogP contribution in [0.5, 0.6) is 0 Å². The Hall–Kier alpha value is -3.59. The second-order valence-corrected chi connectivity index (χ2v) is 8.84. The van der Waals surface area contributed by atoms with Gasteiger partial charge in [0.2, 0.25) is 5.91 Å². The fourth-order valence-corrected chi connectivity index (χ4v) is 4.94. The maximum absolute atomic E-state index is 13.2. The predicted octanol–water partition coefficient (Wildman–Crippen LogP) is 3.32. The molecule has 0 fully saturated rings. The quantitative estimate of drug-likeness (QED) is 0.474. The van der Waals surface area contributed by atoms with Crippen molar-refractivity contribution in [2.24, 2.45) is 0 Å². The lowest BCUT2D eigenvalue weighted by Crippen LogP contribution is -2.27. The SMILES string of the molecule is CN(C)c1ccc(NC(=O)C[C@H]2CSc3nc4c(cnn4-c4ccccc4)c(=O)n32)cc1. The fraction of sp³-hybridized carbons (Fsp3) is 0.217. The molecule has 4 aromatic rings. The molecule has 1 amide bonds. The Bertz CT molecular complexity index is 1340. The van der Waals surface area contributed by atoms with Crippen molar-refractivity contribution in [3.63, 3.8) is 0 Å². The van der Waals surface area contributed by atoms with Crippen LogP contribution in [0.2, 0.25) is 0 Å². The molecule has 1 atom stereocenters. The molecular weight excluding hydrogens is 424 g/mol. The number of para-hydroxylation sites is 1. The smallest absolute Gasteiger partial charge is 0.265 e. The van der Waals surface area contributed by atoms with Crippen LogP contribution in [0, 0.1) is 0 Å². The standard InChI is InChI=1S/C23H22N6O2S/c1-27(2)16-10-8-15(9-11-16)25-20(30)12-18-14-32-23-26-21-19(22(31)28(18)23)13-24-29(21)17-6-4-3-5-7-17/h3-11,13,18H,12,14H2,1-2H3,(H,25,30)/t18-/m0/s1. The summed E-state index contributed by atoms with van der Waals surface area (Å²) in [6.45, 7) is 0. The lowest BCUT2D eigenvalue weighted by Gasteiger charge is -2.15. The van der Waals surface area contributed by atoms with Crippen LogP contribution < -0.4 is 15.8 Å². The van der Waals surface area contributed by atoms with Crippen LogP contribution in [0.1, 0.15) is 12.5 Å². The molecule has 0 saturated carbocycles. The van der Waals surface area contributed by atoms with Gasteiger partial charge in [0.25, 0.3) is 5.56 Å². The highest BCUT2D eigenvalue weighted by Gasteiger charge is 2.29. The maximum Gasteiger partial charge on any atom is 0.265 e. The Labute approximate surface area is 188 Å². The van der Waals surface area contributed by atoms with Gasteiger partial charge in [-0.2, -0.15) is 5.10 Å². The second-order valence-electron chi connectivity index (χ2n) is 7.86. The van der Waals surface area contributed by atoms with Crippen LogP contribution in [-0.2, 0) is 4.79 Å². The lowest BCUT2D eigenvalue weighted by molar-refractivity contribution is -0.116. The first-order valence-electron chi connectivity index (χ1n) is 10.3. The van der Waals surface area contributed by atoms with Crippen molar-refractivity contribution in [1.29, 1.82) is 0 Å². The Balaban J connectivity index is 1.39. The molecule has 1 aliphatic rings. The minimum Gasteiger partial charge on any atom is -0.378 e. The van der Waals surface area contributed by atoms with Gasteiger partial charge in [0.1, 0.15) is 5.39 Å². The van der Waals surface area contributed by atoms with Crippen molar-refractivity contribution in [3.05, 3.63) is 71.1 Å². The molecule has 0 aliphatic carbocycles. The number of carbonyl (C=O) groups is 1. The first-order valence-corrected chi connectivity index (χ1v) is 11.3. The first-order chi connectivity index (χ1) is 15.5. The molecule has 0 radical (unpaired) electrons. The summed E-state index contributed by atoms with van der Waals surface area (Å²) in [4.78, 5) is 32.6. The van der Waals surface area contributed by atoms with E-state index in [1.54, 1.807) is 15.4 Å². The molecule has 2 aromatic heterocycles. The molecule has 9 heteroatoms. The van der Waals surface area contributed by atoms with Crippen LogP contribution in [0.3, 0.4) is 0 Å². The highest BCUT2D eigenvalue weighted by atomic mass is 32.2. The van der Waals surface area contributed by atoms with Crippen molar-refractivity contribution in [1.82, 2.24) is 19.3 Å². The molecule has 3 heterocycles. The minimum absolute atomic E-state index is 0.131. The highest BCUT2D eigenvalue weighted by Crippen LogP contribution is 2.33. The van der Waals surface area contributed by atoms with Gasteiger partial charge in [0, 0.05) is 37.6 Å². The molecule has 5 rings (SSSR count). The molecule has 32 heavy (non-hydrogen) atoms. The number of anilines is 2. The molecule has 1 aliphatic heterocycles. The lowest BCUT2D eigenvalue weighted by atomic mass is 10.2. The van der Waals surface area contributed by atoms with E-state index >= 15 is 0 Å². The average Bonchev–Trinajstić information content (AvgIpc) is 3.40. The summed E-state index contributed by atoms with van der Waals surface area (Å²) in [5, 5.41) is 8.37. The predicted molar refractivity (Wildman–Crippen MR) is 127 cm³/mol. The van der Waals surface area contributed by atoms with Crippen molar-refractivity contribution < 1.29 is 4.79 Å². The summed E-state index contributed by atoms with van der Waals surface area (Å²) in [6.07, 6.45) is 1.76. The van der Waals surface area contributed by atoms with Gasteiger partial charge < -0.3 is 10.2 Å². The van der Waals surface area contributed by atoms with E-state index in [4.69, 9.17) is 4.98 Å². The van der Waals surface area contributed by atoms with E-state index in [0.29, 0.717) is 21.9 Å². The third-order valence-corrected chi connectivity index (χ3v) is 6.56. The molecule has 2 aromatic carbocycles. The summed E-state index contributed by atoms with van der Waals surface area (Å²) in [7, 11) is 3.93. The molecule has 0 spiro atoms. The zero-order valence-corrected chi connectivity index (χ0v) is 18.5. The number of thioether (sulfide) groups is 1. The molecule has 0 saturated heterocycles. The highest BCUT2D eigenvalue weighted by molar-refractivity contribution is 7.99. The molecule has 162 valence electrons. The number of nitrogens with zero attached hydrogens (tertiary/aromatic N) is 5. The van der Waals surface area contributed by atoms with Gasteiger partial charge in [-0.3, -0.25) is 14.2 Å². The van der Waals surface area contributed by atoms with E-state index in [1.165, 1.54) is 11.8 Å². The first kappa shape index (κ1) is 20.3. The molecule has 1 N–H and O–H groups in total. The zero-order valence-electron chi connectivity index (χ0n) is 17.7. The molecular formula is C23H22N6O2S. The number of aromatic nitrogens is 4. The van der Waals surface area contributed by atoms with Gasteiger partial charge in [-0.15, -0.1) is 0 Å². The zero-order chi connectivity index (χ0) is 22.2. The molecule has 0 bridgehead atoms. The second kappa shape index (κ2) is 8.16. The Kier molecular flexibility index (Phi) is 5.18. The normalized spacial score (nSPS) is 15.0. The third-order valence-electron chi connectivity index (χ3n) is 5.46. The number of nitrogens with one attached hydrogen (secondary N) is 1. The number of hydrogen-bond acceptors (Lipinski definition) is 6. The van der Waals surface area contributed by atoms with Crippen LogP contribution in [0.15, 0.2) is 70.7 Å². The number of hydrogen-bond donors (Lipinski definition) is 1. The minimum atomic E-state index is -0.250. The Morgan fingerprint density at radius 1 is 1.16 bits per heavy atom. The molecule has 0 unspecified atom stereocenters. The largest absolute Gasteiger partial charge is 0.378 e. The molecule has 8 nitrogen and oxygen atoms in total. The Morgan fingerprint density at radius 2 is 1.91 bits per heavy atom. The van der Waals surface area contributed by atoms with Crippen LogP contribution in [-0.4, -0.2) is 45.1 Å². The number of benzene rings is 2. The van der Waals surface area contributed by atoms with Crippen molar-refractivity contribution in [3.8, 4) is 5.69 Å². The van der Waals surface area contributed by atoms with Gasteiger partial charge in [0.15, 0.2) is 10.8 Å². The van der Waals surface area contributed by atoms with E-state index in [9.17, 15) is 9.59 Å². The van der Waals surface area contributed by atoms with Gasteiger partial charge >= 0.3 is 0 Å². The Morgan fingerprint density at radius 3 is 2.62 bits per heavy atom. The van der Waals surface area contributed by atoms with Crippen LogP contribution in [0.25, 0.3) is 16.7 Å². The van der Waals surface area contributed by atoms with Crippen molar-refractivity contribution >= 4 is 40.1 Å². The van der Waals surface area contributed by atoms with Gasteiger partial charge in [0.05, 0.1) is 17.9 Å². The van der Waals surface area contributed by atoms with Crippen LogP contribution in [0.4, 0.5) is 11.4 Å². The van der Waals surface area contributed by atoms with E-state index in [2.05, 4.69) is 10.4 Å². The summed E-state index contributed by atoms with van der Waals surface area (Å²) >= 11 is 1.49. The van der Waals surface area contributed by atoms with Crippen molar-refractivity contribution in [2.75, 3.05) is 30.1 Å². The number of fused-ring (bicyclic) bond motifs is 2. The van der Waals surface area contributed by atoms with Gasteiger partial charge in [-0.05, 0) is 36.4 Å². The summed E-state index contributed by atoms with van der Waals surface area (Å²) in [5.74, 6) is 0.494. The number of rotatable bonds is 5. The van der Waals surface area contributed by atoms with E-state index in [0.717, 1.165) is 17.1 Å². The van der Waals surface area contributed by atoms with E-state index in [-0.39, 0.29) is 23.9 Å². The van der Waals surface area contributed by atoms with E-state index < -0.39 is 0 Å². The summed E-state index contributed by atoms with van der Waals surface area (Å²) in [6, 6.07) is 17.0. The van der Waals surface area contributed by atoms with Gasteiger partial charge in [-0.1, -0.05) is 30.0 Å². The third kappa shape index (κ3) is 3.64. The monoisotopic (exact) mass is 446 g/mol. The number of carbonyl (C=O) groups excluding carboxylic acids is 1. The van der Waals surface area contributed by atoms with Gasteiger partial charge in [-0.25, -0.2) is 9.67 Å². The van der Waals surface area contributed by atoms with Crippen LogP contribution >= 0.6 is 11.8 Å².